The summed E-state index contributed by atoms with van der Waals surface area (Å²) in [7, 11) is 0. The van der Waals surface area contributed by atoms with Crippen molar-refractivity contribution in [3.05, 3.63) is 71.8 Å². The third-order valence-electron chi connectivity index (χ3n) is 3.41. The van der Waals surface area contributed by atoms with Gasteiger partial charge in [0, 0.05) is 5.56 Å². The molecular weight excluding hydrogens is 258 g/mol. The van der Waals surface area contributed by atoms with E-state index < -0.39 is 5.41 Å². The van der Waals surface area contributed by atoms with Crippen LogP contribution in [0.3, 0.4) is 0 Å². The van der Waals surface area contributed by atoms with Crippen molar-refractivity contribution in [2.24, 2.45) is 0 Å². The normalized spacial score (nSPS) is 10.4. The molecular formula is C19H19NO. The molecule has 0 bridgehead atoms. The van der Waals surface area contributed by atoms with Crippen LogP contribution in [0.5, 0.6) is 0 Å². The van der Waals surface area contributed by atoms with Gasteiger partial charge in [0.25, 0.3) is 0 Å². The monoisotopic (exact) mass is 277 g/mol. The quantitative estimate of drug-likeness (QED) is 0.858. The summed E-state index contributed by atoms with van der Waals surface area (Å²) in [5.41, 5.74) is 1.39. The summed E-state index contributed by atoms with van der Waals surface area (Å²) in [4.78, 5) is 12.3. The lowest BCUT2D eigenvalue weighted by Crippen LogP contribution is -2.40. The minimum atomic E-state index is -0.560. The summed E-state index contributed by atoms with van der Waals surface area (Å²) >= 11 is 0. The second kappa shape index (κ2) is 6.76. The number of hydrogen-bond acceptors (Lipinski definition) is 1. The van der Waals surface area contributed by atoms with E-state index in [-0.39, 0.29) is 5.91 Å². The van der Waals surface area contributed by atoms with Crippen molar-refractivity contribution in [1.29, 1.82) is 0 Å². The predicted molar refractivity (Wildman–Crippen MR) is 85.8 cm³/mol. The Balaban J connectivity index is 1.95. The molecule has 0 aromatic heterocycles. The van der Waals surface area contributed by atoms with Gasteiger partial charge in [-0.15, -0.1) is 0 Å². The zero-order chi connectivity index (χ0) is 15.1. The molecule has 0 unspecified atom stereocenters. The molecule has 0 spiro atoms. The van der Waals surface area contributed by atoms with Crippen LogP contribution >= 0.6 is 0 Å². The lowest BCUT2D eigenvalue weighted by molar-refractivity contribution is -0.125. The van der Waals surface area contributed by atoms with Crippen molar-refractivity contribution in [2.75, 3.05) is 6.54 Å². The van der Waals surface area contributed by atoms with Gasteiger partial charge in [0.05, 0.1) is 12.0 Å². The average molecular weight is 277 g/mol. The molecule has 2 aromatic carbocycles. The van der Waals surface area contributed by atoms with Gasteiger partial charge >= 0.3 is 0 Å². The third kappa shape index (κ3) is 3.97. The molecule has 0 fully saturated rings. The van der Waals surface area contributed by atoms with E-state index in [2.05, 4.69) is 17.2 Å². The molecule has 106 valence electrons. The van der Waals surface area contributed by atoms with Crippen LogP contribution in [0.4, 0.5) is 0 Å². The highest BCUT2D eigenvalue weighted by Crippen LogP contribution is 2.22. The summed E-state index contributed by atoms with van der Waals surface area (Å²) in [5, 5.41) is 2.88. The molecule has 0 aliphatic heterocycles. The van der Waals surface area contributed by atoms with Crippen LogP contribution in [0.25, 0.3) is 0 Å². The molecule has 1 amide bonds. The highest BCUT2D eigenvalue weighted by atomic mass is 16.2. The predicted octanol–water partition coefficient (Wildman–Crippen LogP) is 3.13. The molecule has 1 N–H and O–H groups in total. The molecule has 0 saturated carbocycles. The summed E-state index contributed by atoms with van der Waals surface area (Å²) in [5.74, 6) is 5.98. The van der Waals surface area contributed by atoms with Gasteiger partial charge in [0.15, 0.2) is 0 Å². The number of hydrogen-bond donors (Lipinski definition) is 1. The van der Waals surface area contributed by atoms with Crippen molar-refractivity contribution in [2.45, 2.75) is 19.3 Å². The second-order valence-corrected chi connectivity index (χ2v) is 5.34. The maximum Gasteiger partial charge on any atom is 0.230 e. The molecule has 0 saturated heterocycles. The van der Waals surface area contributed by atoms with Crippen molar-refractivity contribution in [3.8, 4) is 11.8 Å². The zero-order valence-corrected chi connectivity index (χ0v) is 12.4. The van der Waals surface area contributed by atoms with Gasteiger partial charge in [-0.1, -0.05) is 60.4 Å². The molecule has 2 nitrogen and oxygen atoms in total. The minimum Gasteiger partial charge on any atom is -0.344 e. The van der Waals surface area contributed by atoms with Crippen molar-refractivity contribution in [3.63, 3.8) is 0 Å². The Kier molecular flexibility index (Phi) is 4.79. The first-order chi connectivity index (χ1) is 10.1. The van der Waals surface area contributed by atoms with Crippen LogP contribution in [0, 0.1) is 11.8 Å². The van der Waals surface area contributed by atoms with E-state index in [4.69, 9.17) is 0 Å². The molecule has 0 atom stereocenters. The van der Waals surface area contributed by atoms with E-state index in [1.54, 1.807) is 0 Å². The number of nitrogens with one attached hydrogen (secondary N) is 1. The first-order valence-electron chi connectivity index (χ1n) is 6.98. The van der Waals surface area contributed by atoms with Crippen LogP contribution in [0.1, 0.15) is 25.0 Å². The fourth-order valence-corrected chi connectivity index (χ4v) is 2.00. The fraction of sp³-hybridized carbons (Fsp3) is 0.211. The van der Waals surface area contributed by atoms with Crippen LogP contribution in [0.15, 0.2) is 60.7 Å². The Labute approximate surface area is 126 Å². The Hall–Kier alpha value is -2.53. The van der Waals surface area contributed by atoms with Gasteiger partial charge in [-0.05, 0) is 31.5 Å². The summed E-state index contributed by atoms with van der Waals surface area (Å²) < 4.78 is 0. The molecule has 2 aromatic rings. The van der Waals surface area contributed by atoms with E-state index >= 15 is 0 Å². The SMILES string of the molecule is CC(C)(C(=O)NCC#Cc1ccccc1)c1ccccc1. The smallest absolute Gasteiger partial charge is 0.230 e. The van der Waals surface area contributed by atoms with E-state index in [0.29, 0.717) is 6.54 Å². The van der Waals surface area contributed by atoms with Gasteiger partial charge in [-0.2, -0.15) is 0 Å². The van der Waals surface area contributed by atoms with E-state index in [1.807, 2.05) is 74.5 Å². The first-order valence-corrected chi connectivity index (χ1v) is 6.98. The Bertz CT molecular complexity index is 648. The molecule has 21 heavy (non-hydrogen) atoms. The van der Waals surface area contributed by atoms with Crippen LogP contribution in [-0.4, -0.2) is 12.5 Å². The topological polar surface area (TPSA) is 29.1 Å². The largest absolute Gasteiger partial charge is 0.344 e. The van der Waals surface area contributed by atoms with Gasteiger partial charge in [0.1, 0.15) is 0 Å². The van der Waals surface area contributed by atoms with Crippen molar-refractivity contribution in [1.82, 2.24) is 5.32 Å². The van der Waals surface area contributed by atoms with E-state index in [1.165, 1.54) is 0 Å². The van der Waals surface area contributed by atoms with Crippen molar-refractivity contribution < 1.29 is 4.79 Å². The maximum atomic E-state index is 12.3. The van der Waals surface area contributed by atoms with E-state index in [9.17, 15) is 4.79 Å². The highest BCUT2D eigenvalue weighted by Gasteiger charge is 2.28. The summed E-state index contributed by atoms with van der Waals surface area (Å²) in [6, 6.07) is 19.5. The molecule has 0 radical (unpaired) electrons. The molecule has 2 heteroatoms. The number of carbonyl (C=O) groups excluding carboxylic acids is 1. The molecule has 0 heterocycles. The van der Waals surface area contributed by atoms with Gasteiger partial charge in [0.2, 0.25) is 5.91 Å². The number of rotatable bonds is 3. The lowest BCUT2D eigenvalue weighted by atomic mass is 9.84. The summed E-state index contributed by atoms with van der Waals surface area (Å²) in [6.07, 6.45) is 0. The second-order valence-electron chi connectivity index (χ2n) is 5.34. The lowest BCUT2D eigenvalue weighted by Gasteiger charge is -2.23. The molecule has 2 rings (SSSR count). The van der Waals surface area contributed by atoms with Crippen LogP contribution in [0.2, 0.25) is 0 Å². The Morgan fingerprint density at radius 2 is 1.57 bits per heavy atom. The Morgan fingerprint density at radius 3 is 2.19 bits per heavy atom. The fourth-order valence-electron chi connectivity index (χ4n) is 2.00. The highest BCUT2D eigenvalue weighted by molar-refractivity contribution is 5.87. The molecule has 0 aliphatic carbocycles. The standard InChI is InChI=1S/C19H19NO/c1-19(2,17-13-7-4-8-14-17)18(21)20-15-9-12-16-10-5-3-6-11-16/h3-8,10-11,13-14H,15H2,1-2H3,(H,20,21). The maximum absolute atomic E-state index is 12.3. The molecule has 0 aliphatic rings. The zero-order valence-electron chi connectivity index (χ0n) is 12.4. The third-order valence-corrected chi connectivity index (χ3v) is 3.41. The number of carbonyl (C=O) groups is 1. The number of benzene rings is 2. The van der Waals surface area contributed by atoms with Gasteiger partial charge < -0.3 is 5.32 Å². The van der Waals surface area contributed by atoms with Crippen molar-refractivity contribution >= 4 is 5.91 Å². The average Bonchev–Trinajstić information content (AvgIpc) is 2.53. The van der Waals surface area contributed by atoms with Gasteiger partial charge in [-0.3, -0.25) is 4.79 Å². The van der Waals surface area contributed by atoms with Crippen LogP contribution in [-0.2, 0) is 10.2 Å². The van der Waals surface area contributed by atoms with Crippen LogP contribution < -0.4 is 5.32 Å². The first kappa shape index (κ1) is 14.9. The van der Waals surface area contributed by atoms with Gasteiger partial charge in [-0.25, -0.2) is 0 Å². The summed E-state index contributed by atoms with van der Waals surface area (Å²) in [6.45, 7) is 4.19. The minimum absolute atomic E-state index is 0.0175. The van der Waals surface area contributed by atoms with E-state index in [0.717, 1.165) is 11.1 Å². The Morgan fingerprint density at radius 1 is 1.00 bits per heavy atom. The number of amides is 1.